The highest BCUT2D eigenvalue weighted by Crippen LogP contribution is 2.25. The highest BCUT2D eigenvalue weighted by atomic mass is 16.5. The highest BCUT2D eigenvalue weighted by Gasteiger charge is 2.22. The van der Waals surface area contributed by atoms with Crippen molar-refractivity contribution in [3.05, 3.63) is 29.8 Å². The number of hydrogen-bond donors (Lipinski definition) is 1. The van der Waals surface area contributed by atoms with Crippen LogP contribution in [0.15, 0.2) is 24.3 Å². The first-order valence-corrected chi connectivity index (χ1v) is 7.09. The van der Waals surface area contributed by atoms with Gasteiger partial charge in [-0.1, -0.05) is 26.0 Å². The Bertz CT molecular complexity index is 360. The second-order valence-electron chi connectivity index (χ2n) is 5.71. The molecule has 0 aliphatic rings. The van der Waals surface area contributed by atoms with Gasteiger partial charge in [0, 0.05) is 25.2 Å². The molecule has 1 aromatic rings. The quantitative estimate of drug-likeness (QED) is 0.822. The van der Waals surface area contributed by atoms with Crippen LogP contribution < -0.4 is 10.5 Å². The van der Waals surface area contributed by atoms with E-state index in [1.807, 2.05) is 12.1 Å². The molecule has 19 heavy (non-hydrogen) atoms. The van der Waals surface area contributed by atoms with Crippen LogP contribution in [-0.2, 0) is 0 Å². The molecule has 0 heterocycles. The molecular formula is C16H28N2O. The number of benzene rings is 1. The monoisotopic (exact) mass is 264 g/mol. The second-order valence-corrected chi connectivity index (χ2v) is 5.71. The summed E-state index contributed by atoms with van der Waals surface area (Å²) >= 11 is 0. The Kier molecular flexibility index (Phi) is 6.32. The lowest BCUT2D eigenvalue weighted by molar-refractivity contribution is 0.138. The summed E-state index contributed by atoms with van der Waals surface area (Å²) in [4.78, 5) is 2.48. The minimum atomic E-state index is 0.272. The lowest BCUT2D eigenvalue weighted by atomic mass is 10.0. The largest absolute Gasteiger partial charge is 0.497 e. The van der Waals surface area contributed by atoms with E-state index in [2.05, 4.69) is 44.7 Å². The summed E-state index contributed by atoms with van der Waals surface area (Å²) < 4.78 is 5.21. The summed E-state index contributed by atoms with van der Waals surface area (Å²) in [6.07, 6.45) is 0. The lowest BCUT2D eigenvalue weighted by Gasteiger charge is -2.36. The molecule has 0 saturated heterocycles. The third kappa shape index (κ3) is 4.51. The SMILES string of the molecule is COc1ccc(C(CN)N(CC(C)C)C(C)C)cc1. The fourth-order valence-electron chi connectivity index (χ4n) is 2.41. The Morgan fingerprint density at radius 2 is 1.68 bits per heavy atom. The molecular weight excluding hydrogens is 236 g/mol. The molecule has 2 N–H and O–H groups in total. The maximum absolute atomic E-state index is 6.02. The maximum atomic E-state index is 6.02. The second kappa shape index (κ2) is 7.51. The van der Waals surface area contributed by atoms with E-state index in [-0.39, 0.29) is 6.04 Å². The van der Waals surface area contributed by atoms with E-state index in [1.165, 1.54) is 5.56 Å². The third-order valence-corrected chi connectivity index (χ3v) is 3.36. The van der Waals surface area contributed by atoms with Gasteiger partial charge in [-0.25, -0.2) is 0 Å². The minimum absolute atomic E-state index is 0.272. The van der Waals surface area contributed by atoms with E-state index in [9.17, 15) is 0 Å². The molecule has 1 atom stereocenters. The molecule has 0 fully saturated rings. The fraction of sp³-hybridized carbons (Fsp3) is 0.625. The molecule has 3 nitrogen and oxygen atoms in total. The Morgan fingerprint density at radius 3 is 2.05 bits per heavy atom. The number of hydrogen-bond acceptors (Lipinski definition) is 3. The molecule has 3 heteroatoms. The molecule has 0 radical (unpaired) electrons. The Hall–Kier alpha value is -1.06. The van der Waals surface area contributed by atoms with Gasteiger partial charge in [-0.15, -0.1) is 0 Å². The zero-order valence-electron chi connectivity index (χ0n) is 12.9. The van der Waals surface area contributed by atoms with Gasteiger partial charge in [-0.2, -0.15) is 0 Å². The molecule has 0 aromatic heterocycles. The van der Waals surface area contributed by atoms with Gasteiger partial charge in [0.05, 0.1) is 7.11 Å². The predicted octanol–water partition coefficient (Wildman–Crippen LogP) is 3.06. The molecule has 0 bridgehead atoms. The topological polar surface area (TPSA) is 38.5 Å². The van der Waals surface area contributed by atoms with Crippen LogP contribution in [-0.4, -0.2) is 31.1 Å². The van der Waals surface area contributed by atoms with E-state index in [1.54, 1.807) is 7.11 Å². The molecule has 0 saturated carbocycles. The van der Waals surface area contributed by atoms with Gasteiger partial charge in [-0.05, 0) is 37.5 Å². The summed E-state index contributed by atoms with van der Waals surface area (Å²) in [5, 5.41) is 0. The van der Waals surface area contributed by atoms with E-state index in [0.29, 0.717) is 18.5 Å². The zero-order chi connectivity index (χ0) is 14.4. The highest BCUT2D eigenvalue weighted by molar-refractivity contribution is 5.29. The van der Waals surface area contributed by atoms with Crippen LogP contribution in [0.4, 0.5) is 0 Å². The van der Waals surface area contributed by atoms with Gasteiger partial charge in [0.2, 0.25) is 0 Å². The molecule has 1 aromatic carbocycles. The van der Waals surface area contributed by atoms with E-state index < -0.39 is 0 Å². The van der Waals surface area contributed by atoms with Crippen LogP contribution in [0.25, 0.3) is 0 Å². The van der Waals surface area contributed by atoms with E-state index >= 15 is 0 Å². The molecule has 0 aliphatic heterocycles. The first-order valence-electron chi connectivity index (χ1n) is 7.09. The van der Waals surface area contributed by atoms with Crippen molar-refractivity contribution in [2.75, 3.05) is 20.2 Å². The first kappa shape index (κ1) is 16.0. The van der Waals surface area contributed by atoms with Crippen LogP contribution in [0, 0.1) is 5.92 Å². The maximum Gasteiger partial charge on any atom is 0.118 e. The average Bonchev–Trinajstić information content (AvgIpc) is 2.38. The standard InChI is InChI=1S/C16H28N2O/c1-12(2)11-18(13(3)4)16(10-17)14-6-8-15(19-5)9-7-14/h6-9,12-13,16H,10-11,17H2,1-5H3. The molecule has 0 spiro atoms. The molecule has 1 rings (SSSR count). The summed E-state index contributed by atoms with van der Waals surface area (Å²) in [5.41, 5.74) is 7.28. The van der Waals surface area contributed by atoms with Crippen LogP contribution >= 0.6 is 0 Å². The predicted molar refractivity (Wildman–Crippen MR) is 81.5 cm³/mol. The van der Waals surface area contributed by atoms with E-state index in [0.717, 1.165) is 12.3 Å². The molecule has 1 unspecified atom stereocenters. The van der Waals surface area contributed by atoms with Crippen molar-refractivity contribution in [2.45, 2.75) is 39.8 Å². The van der Waals surface area contributed by atoms with Gasteiger partial charge in [0.15, 0.2) is 0 Å². The fourth-order valence-corrected chi connectivity index (χ4v) is 2.41. The Balaban J connectivity index is 2.94. The third-order valence-electron chi connectivity index (χ3n) is 3.36. The van der Waals surface area contributed by atoms with Crippen molar-refractivity contribution in [1.82, 2.24) is 4.90 Å². The van der Waals surface area contributed by atoms with Crippen LogP contribution in [0.5, 0.6) is 5.75 Å². The summed E-state index contributed by atoms with van der Waals surface area (Å²) in [6.45, 7) is 10.7. The van der Waals surface area contributed by atoms with Crippen molar-refractivity contribution in [3.8, 4) is 5.75 Å². The van der Waals surface area contributed by atoms with Crippen LogP contribution in [0.2, 0.25) is 0 Å². The minimum Gasteiger partial charge on any atom is -0.497 e. The Morgan fingerprint density at radius 1 is 1.11 bits per heavy atom. The number of nitrogens with two attached hydrogens (primary N) is 1. The zero-order valence-corrected chi connectivity index (χ0v) is 12.9. The lowest BCUT2D eigenvalue weighted by Crippen LogP contribution is -2.40. The first-order chi connectivity index (χ1) is 8.99. The number of rotatable bonds is 7. The van der Waals surface area contributed by atoms with Crippen LogP contribution in [0.1, 0.15) is 39.3 Å². The molecule has 0 amide bonds. The molecule has 108 valence electrons. The van der Waals surface area contributed by atoms with Gasteiger partial charge in [-0.3, -0.25) is 4.90 Å². The van der Waals surface area contributed by atoms with Gasteiger partial charge in [0.1, 0.15) is 5.75 Å². The summed E-state index contributed by atoms with van der Waals surface area (Å²) in [7, 11) is 1.69. The van der Waals surface area contributed by atoms with Crippen molar-refractivity contribution < 1.29 is 4.74 Å². The normalized spacial score (nSPS) is 13.3. The Labute approximate surface area is 117 Å². The van der Waals surface area contributed by atoms with Gasteiger partial charge >= 0.3 is 0 Å². The van der Waals surface area contributed by atoms with Crippen molar-refractivity contribution >= 4 is 0 Å². The number of nitrogens with zero attached hydrogens (tertiary/aromatic N) is 1. The average molecular weight is 264 g/mol. The van der Waals surface area contributed by atoms with Gasteiger partial charge < -0.3 is 10.5 Å². The summed E-state index contributed by atoms with van der Waals surface area (Å²) in [5.74, 6) is 1.52. The number of methoxy groups -OCH3 is 1. The van der Waals surface area contributed by atoms with Crippen molar-refractivity contribution in [1.29, 1.82) is 0 Å². The number of ether oxygens (including phenoxy) is 1. The smallest absolute Gasteiger partial charge is 0.118 e. The summed E-state index contributed by atoms with van der Waals surface area (Å²) in [6, 6.07) is 9.00. The van der Waals surface area contributed by atoms with Gasteiger partial charge in [0.25, 0.3) is 0 Å². The molecule has 0 aliphatic carbocycles. The van der Waals surface area contributed by atoms with Crippen molar-refractivity contribution in [3.63, 3.8) is 0 Å². The van der Waals surface area contributed by atoms with Crippen molar-refractivity contribution in [2.24, 2.45) is 11.7 Å². The van der Waals surface area contributed by atoms with E-state index in [4.69, 9.17) is 10.5 Å². The van der Waals surface area contributed by atoms with Crippen LogP contribution in [0.3, 0.4) is 0 Å².